The maximum atomic E-state index is 11.0. The average molecular weight is 252 g/mol. The third-order valence-corrected chi connectivity index (χ3v) is 4.20. The Hall–Kier alpha value is -1.23. The molecule has 92 valence electrons. The summed E-state index contributed by atoms with van der Waals surface area (Å²) in [4.78, 5) is 14.8. The van der Waals surface area contributed by atoms with Crippen molar-refractivity contribution in [3.63, 3.8) is 0 Å². The monoisotopic (exact) mass is 252 g/mol. The standard InChI is InChI=1S/C12H16N2O2S/c15-12(16)11-10(5-3-6-13-11)14-8-9-4-1-2-7-17-9/h3,5-6,9,14H,1-2,4,7-8H2,(H,15,16). The molecule has 1 atom stereocenters. The third kappa shape index (κ3) is 3.36. The van der Waals surface area contributed by atoms with Gasteiger partial charge in [-0.1, -0.05) is 6.42 Å². The highest BCUT2D eigenvalue weighted by Crippen LogP contribution is 2.25. The second kappa shape index (κ2) is 5.91. The van der Waals surface area contributed by atoms with Gasteiger partial charge < -0.3 is 10.4 Å². The van der Waals surface area contributed by atoms with Crippen LogP contribution in [0.1, 0.15) is 29.8 Å². The highest BCUT2D eigenvalue weighted by molar-refractivity contribution is 7.99. The van der Waals surface area contributed by atoms with Gasteiger partial charge in [-0.2, -0.15) is 11.8 Å². The van der Waals surface area contributed by atoms with E-state index in [-0.39, 0.29) is 5.69 Å². The minimum Gasteiger partial charge on any atom is -0.476 e. The fraction of sp³-hybridized carbons (Fsp3) is 0.500. The van der Waals surface area contributed by atoms with Gasteiger partial charge in [0.05, 0.1) is 5.69 Å². The van der Waals surface area contributed by atoms with Gasteiger partial charge in [-0.15, -0.1) is 0 Å². The number of aromatic nitrogens is 1. The van der Waals surface area contributed by atoms with Crippen molar-refractivity contribution in [1.82, 2.24) is 4.98 Å². The fourth-order valence-electron chi connectivity index (χ4n) is 1.91. The van der Waals surface area contributed by atoms with Crippen LogP contribution in [0.2, 0.25) is 0 Å². The van der Waals surface area contributed by atoms with Crippen LogP contribution in [0.25, 0.3) is 0 Å². The Morgan fingerprint density at radius 1 is 1.59 bits per heavy atom. The predicted molar refractivity (Wildman–Crippen MR) is 69.8 cm³/mol. The first kappa shape index (κ1) is 12.2. The molecule has 1 aromatic heterocycles. The van der Waals surface area contributed by atoms with Crippen LogP contribution in [-0.2, 0) is 0 Å². The number of aromatic carboxylic acids is 1. The molecule has 0 amide bonds. The molecule has 1 aromatic rings. The molecular formula is C12H16N2O2S. The molecule has 1 aliphatic rings. The number of thioether (sulfide) groups is 1. The molecule has 0 aromatic carbocycles. The zero-order chi connectivity index (χ0) is 12.1. The molecule has 0 radical (unpaired) electrons. The lowest BCUT2D eigenvalue weighted by Gasteiger charge is -2.22. The lowest BCUT2D eigenvalue weighted by atomic mass is 10.2. The van der Waals surface area contributed by atoms with Crippen LogP contribution in [0.4, 0.5) is 5.69 Å². The number of nitrogens with one attached hydrogen (secondary N) is 1. The Morgan fingerprint density at radius 3 is 3.18 bits per heavy atom. The van der Waals surface area contributed by atoms with Gasteiger partial charge in [0.2, 0.25) is 0 Å². The number of carbonyl (C=O) groups is 1. The van der Waals surface area contributed by atoms with E-state index in [1.807, 2.05) is 11.8 Å². The number of nitrogens with zero attached hydrogens (tertiary/aromatic N) is 1. The van der Waals surface area contributed by atoms with Crippen LogP contribution in [-0.4, -0.2) is 33.6 Å². The fourth-order valence-corrected chi connectivity index (χ4v) is 3.15. The quantitative estimate of drug-likeness (QED) is 0.862. The molecule has 0 aliphatic carbocycles. The van der Waals surface area contributed by atoms with E-state index in [4.69, 9.17) is 5.11 Å². The molecule has 5 heteroatoms. The molecular weight excluding hydrogens is 236 g/mol. The van der Waals surface area contributed by atoms with Crippen LogP contribution in [0, 0.1) is 0 Å². The lowest BCUT2D eigenvalue weighted by Crippen LogP contribution is -2.21. The minimum absolute atomic E-state index is 0.105. The molecule has 1 saturated heterocycles. The summed E-state index contributed by atoms with van der Waals surface area (Å²) in [6.45, 7) is 0.816. The van der Waals surface area contributed by atoms with Gasteiger partial charge in [-0.25, -0.2) is 9.78 Å². The van der Waals surface area contributed by atoms with E-state index >= 15 is 0 Å². The lowest BCUT2D eigenvalue weighted by molar-refractivity contribution is 0.0691. The van der Waals surface area contributed by atoms with E-state index in [9.17, 15) is 4.79 Å². The van der Waals surface area contributed by atoms with Crippen molar-refractivity contribution in [3.05, 3.63) is 24.0 Å². The van der Waals surface area contributed by atoms with Gasteiger partial charge in [0.25, 0.3) is 0 Å². The third-order valence-electron chi connectivity index (χ3n) is 2.80. The number of anilines is 1. The summed E-state index contributed by atoms with van der Waals surface area (Å²) in [6.07, 6.45) is 5.29. The number of rotatable bonds is 4. The van der Waals surface area contributed by atoms with Gasteiger partial charge >= 0.3 is 5.97 Å². The number of hydrogen-bond donors (Lipinski definition) is 2. The van der Waals surface area contributed by atoms with E-state index in [1.54, 1.807) is 12.1 Å². The minimum atomic E-state index is -0.982. The topological polar surface area (TPSA) is 62.2 Å². The summed E-state index contributed by atoms with van der Waals surface area (Å²) in [5.41, 5.74) is 0.722. The van der Waals surface area contributed by atoms with Gasteiger partial charge in [0.15, 0.2) is 5.69 Å². The van der Waals surface area contributed by atoms with Gasteiger partial charge in [0.1, 0.15) is 0 Å². The second-order valence-corrected chi connectivity index (χ2v) is 5.48. The van der Waals surface area contributed by atoms with Crippen molar-refractivity contribution in [1.29, 1.82) is 0 Å². The van der Waals surface area contributed by atoms with Crippen LogP contribution in [0.3, 0.4) is 0 Å². The van der Waals surface area contributed by atoms with Crippen LogP contribution < -0.4 is 5.32 Å². The molecule has 2 N–H and O–H groups in total. The van der Waals surface area contributed by atoms with Gasteiger partial charge in [-0.3, -0.25) is 0 Å². The highest BCUT2D eigenvalue weighted by atomic mass is 32.2. The van der Waals surface area contributed by atoms with Crippen LogP contribution >= 0.6 is 11.8 Å². The van der Waals surface area contributed by atoms with Crippen molar-refractivity contribution >= 4 is 23.4 Å². The van der Waals surface area contributed by atoms with Crippen LogP contribution in [0.5, 0.6) is 0 Å². The van der Waals surface area contributed by atoms with Crippen molar-refractivity contribution in [2.45, 2.75) is 24.5 Å². The maximum absolute atomic E-state index is 11.0. The SMILES string of the molecule is O=C(O)c1ncccc1NCC1CCCCS1. The Bertz CT molecular complexity index is 392. The molecule has 17 heavy (non-hydrogen) atoms. The van der Waals surface area contributed by atoms with E-state index in [2.05, 4.69) is 10.3 Å². The van der Waals surface area contributed by atoms with E-state index in [1.165, 1.54) is 31.2 Å². The molecule has 1 unspecified atom stereocenters. The average Bonchev–Trinajstić information content (AvgIpc) is 2.38. The number of pyridine rings is 1. The number of hydrogen-bond acceptors (Lipinski definition) is 4. The van der Waals surface area contributed by atoms with Crippen molar-refractivity contribution < 1.29 is 9.90 Å². The Kier molecular flexibility index (Phi) is 4.25. The predicted octanol–water partition coefficient (Wildman–Crippen LogP) is 2.48. The van der Waals surface area contributed by atoms with Crippen molar-refractivity contribution in [2.75, 3.05) is 17.6 Å². The molecule has 0 saturated carbocycles. The van der Waals surface area contributed by atoms with Crippen molar-refractivity contribution in [2.24, 2.45) is 0 Å². The molecule has 4 nitrogen and oxygen atoms in total. The summed E-state index contributed by atoms with van der Waals surface area (Å²) >= 11 is 1.97. The molecule has 1 aliphatic heterocycles. The molecule has 0 spiro atoms. The first-order valence-electron chi connectivity index (χ1n) is 5.81. The Labute approximate surface area is 105 Å². The number of carboxylic acids is 1. The second-order valence-electron chi connectivity index (χ2n) is 4.07. The summed E-state index contributed by atoms with van der Waals surface area (Å²) < 4.78 is 0. The molecule has 2 rings (SSSR count). The molecule has 0 bridgehead atoms. The van der Waals surface area contributed by atoms with Gasteiger partial charge in [0, 0.05) is 18.0 Å². The molecule has 1 fully saturated rings. The number of carboxylic acid groups (broad SMARTS) is 1. The summed E-state index contributed by atoms with van der Waals surface area (Å²) in [5, 5.41) is 12.8. The summed E-state index contributed by atoms with van der Waals surface area (Å²) in [5.74, 6) is 0.231. The first-order valence-corrected chi connectivity index (χ1v) is 6.86. The van der Waals surface area contributed by atoms with E-state index in [0.29, 0.717) is 10.9 Å². The Morgan fingerprint density at radius 2 is 2.47 bits per heavy atom. The zero-order valence-corrected chi connectivity index (χ0v) is 10.4. The van der Waals surface area contributed by atoms with E-state index < -0.39 is 5.97 Å². The maximum Gasteiger partial charge on any atom is 0.356 e. The zero-order valence-electron chi connectivity index (χ0n) is 9.56. The summed E-state index contributed by atoms with van der Waals surface area (Å²) in [7, 11) is 0. The van der Waals surface area contributed by atoms with Gasteiger partial charge in [-0.05, 0) is 30.7 Å². The van der Waals surface area contributed by atoms with Crippen molar-refractivity contribution in [3.8, 4) is 0 Å². The first-order chi connectivity index (χ1) is 8.27. The largest absolute Gasteiger partial charge is 0.476 e. The molecule has 2 heterocycles. The van der Waals surface area contributed by atoms with E-state index in [0.717, 1.165) is 6.54 Å². The normalized spacial score (nSPS) is 19.9. The van der Waals surface area contributed by atoms with Crippen LogP contribution in [0.15, 0.2) is 18.3 Å². The highest BCUT2D eigenvalue weighted by Gasteiger charge is 2.15. The summed E-state index contributed by atoms with van der Waals surface area (Å²) in [6, 6.07) is 3.52. The Balaban J connectivity index is 1.96. The smallest absolute Gasteiger partial charge is 0.356 e.